The molecule has 0 radical (unpaired) electrons. The van der Waals surface area contributed by atoms with Crippen molar-refractivity contribution in [2.24, 2.45) is 0 Å². The monoisotopic (exact) mass is 376 g/mol. The van der Waals surface area contributed by atoms with Gasteiger partial charge >= 0.3 is 0 Å². The van der Waals surface area contributed by atoms with Crippen LogP contribution in [0.1, 0.15) is 17.5 Å². The Morgan fingerprint density at radius 2 is 1.77 bits per heavy atom. The molecule has 0 unspecified atom stereocenters. The highest BCUT2D eigenvalue weighted by Gasteiger charge is 2.18. The smallest absolute Gasteiger partial charge is 0.225 e. The van der Waals surface area contributed by atoms with E-state index in [9.17, 15) is 13.2 Å². The number of nitrogens with one attached hydrogen (secondary N) is 1. The fourth-order valence-corrected chi connectivity index (χ4v) is 3.26. The molecule has 0 fully saturated rings. The number of carbonyl (C=O) groups excluding carboxylic acids is 1. The molecule has 0 bridgehead atoms. The lowest BCUT2D eigenvalue weighted by Gasteiger charge is -2.20. The Morgan fingerprint density at radius 3 is 2.35 bits per heavy atom. The Kier molecular flexibility index (Phi) is 6.76. The van der Waals surface area contributed by atoms with Gasteiger partial charge in [0.15, 0.2) is 0 Å². The second-order valence-electron chi connectivity index (χ2n) is 6.06. The molecule has 6 nitrogen and oxygen atoms in total. The van der Waals surface area contributed by atoms with Crippen LogP contribution in [0.15, 0.2) is 48.5 Å². The fourth-order valence-electron chi connectivity index (χ4n) is 2.45. The molecule has 0 aliphatic rings. The number of sulfonamides is 1. The maximum absolute atomic E-state index is 12.2. The number of benzene rings is 2. The van der Waals surface area contributed by atoms with Crippen molar-refractivity contribution in [3.8, 4) is 5.75 Å². The number of amides is 1. The van der Waals surface area contributed by atoms with E-state index in [2.05, 4.69) is 5.32 Å². The van der Waals surface area contributed by atoms with Crippen molar-refractivity contribution in [1.29, 1.82) is 0 Å². The fraction of sp³-hybridized carbons (Fsp3) is 0.316. The van der Waals surface area contributed by atoms with E-state index in [0.29, 0.717) is 5.75 Å². The van der Waals surface area contributed by atoms with Crippen LogP contribution >= 0.6 is 0 Å². The summed E-state index contributed by atoms with van der Waals surface area (Å²) >= 11 is 0. The van der Waals surface area contributed by atoms with Crippen LogP contribution < -0.4 is 10.1 Å². The van der Waals surface area contributed by atoms with Crippen molar-refractivity contribution in [3.05, 3.63) is 59.7 Å². The van der Waals surface area contributed by atoms with Crippen molar-refractivity contribution < 1.29 is 17.9 Å². The summed E-state index contributed by atoms with van der Waals surface area (Å²) in [6.07, 6.45) is 1.23. The van der Waals surface area contributed by atoms with Gasteiger partial charge in [-0.25, -0.2) is 8.42 Å². The van der Waals surface area contributed by atoms with Crippen LogP contribution in [-0.2, 0) is 21.4 Å². The second-order valence-corrected chi connectivity index (χ2v) is 8.04. The van der Waals surface area contributed by atoms with Gasteiger partial charge in [0, 0.05) is 25.2 Å². The first-order valence-corrected chi connectivity index (χ1v) is 10.1. The molecule has 2 aromatic rings. The molecule has 2 aromatic carbocycles. The van der Waals surface area contributed by atoms with Crippen molar-refractivity contribution in [1.82, 2.24) is 4.31 Å². The number of hydrogen-bond donors (Lipinski definition) is 1. The van der Waals surface area contributed by atoms with E-state index in [1.54, 1.807) is 19.2 Å². The molecule has 0 aliphatic carbocycles. The summed E-state index contributed by atoms with van der Waals surface area (Å²) in [4.78, 5) is 12.2. The molecule has 26 heavy (non-hydrogen) atoms. The predicted octanol–water partition coefficient (Wildman–Crippen LogP) is 2.79. The maximum atomic E-state index is 12.2. The van der Waals surface area contributed by atoms with Crippen molar-refractivity contribution in [3.63, 3.8) is 0 Å². The lowest BCUT2D eigenvalue weighted by molar-refractivity contribution is -0.116. The molecule has 7 heteroatoms. The number of methoxy groups -OCH3 is 1. The Labute approximate surface area is 154 Å². The highest BCUT2D eigenvalue weighted by atomic mass is 32.2. The zero-order chi connectivity index (χ0) is 19.2. The minimum atomic E-state index is -3.43. The van der Waals surface area contributed by atoms with E-state index in [0.717, 1.165) is 23.1 Å². The zero-order valence-electron chi connectivity index (χ0n) is 15.2. The van der Waals surface area contributed by atoms with Gasteiger partial charge in [-0.15, -0.1) is 0 Å². The van der Waals surface area contributed by atoms with Crippen LogP contribution in [-0.4, -0.2) is 38.5 Å². The number of aryl methyl sites for hydroxylation is 1. The average molecular weight is 376 g/mol. The molecule has 140 valence electrons. The number of carbonyl (C=O) groups is 1. The van der Waals surface area contributed by atoms with E-state index in [1.165, 1.54) is 4.31 Å². The number of anilines is 1. The summed E-state index contributed by atoms with van der Waals surface area (Å²) in [5.74, 6) is 0.486. The molecule has 0 aliphatic heterocycles. The highest BCUT2D eigenvalue weighted by molar-refractivity contribution is 7.88. The number of para-hydroxylation sites is 1. The lowest BCUT2D eigenvalue weighted by atomic mass is 10.2. The van der Waals surface area contributed by atoms with Gasteiger partial charge in [-0.05, 0) is 36.2 Å². The predicted molar refractivity (Wildman–Crippen MR) is 103 cm³/mol. The molecule has 0 atom stereocenters. The summed E-state index contributed by atoms with van der Waals surface area (Å²) < 4.78 is 30.5. The summed E-state index contributed by atoms with van der Waals surface area (Å²) in [7, 11) is -1.86. The summed E-state index contributed by atoms with van der Waals surface area (Å²) in [6.45, 7) is 2.23. The molecule has 1 amide bonds. The van der Waals surface area contributed by atoms with Gasteiger partial charge < -0.3 is 10.1 Å². The minimum Gasteiger partial charge on any atom is -0.497 e. The van der Waals surface area contributed by atoms with Gasteiger partial charge in [-0.1, -0.05) is 30.3 Å². The molecular weight excluding hydrogens is 352 g/mol. The molecule has 0 spiro atoms. The largest absolute Gasteiger partial charge is 0.497 e. The van der Waals surface area contributed by atoms with Gasteiger partial charge in [0.05, 0.1) is 13.4 Å². The van der Waals surface area contributed by atoms with Crippen LogP contribution in [0, 0.1) is 6.92 Å². The number of rotatable bonds is 8. The first-order valence-electron chi connectivity index (χ1n) is 8.23. The number of nitrogens with zero attached hydrogens (tertiary/aromatic N) is 1. The first kappa shape index (κ1) is 19.9. The van der Waals surface area contributed by atoms with Gasteiger partial charge in [-0.2, -0.15) is 4.31 Å². The van der Waals surface area contributed by atoms with Gasteiger partial charge in [-0.3, -0.25) is 4.79 Å². The molecule has 0 saturated carbocycles. The SMILES string of the molecule is COc1ccc(CN(CCC(=O)Nc2ccccc2C)S(C)(=O)=O)cc1. The van der Waals surface area contributed by atoms with Crippen LogP contribution in [0.3, 0.4) is 0 Å². The van der Waals surface area contributed by atoms with Crippen molar-refractivity contribution >= 4 is 21.6 Å². The van der Waals surface area contributed by atoms with E-state index < -0.39 is 10.0 Å². The molecule has 0 heterocycles. The third kappa shape index (κ3) is 5.86. The van der Waals surface area contributed by atoms with E-state index in [-0.39, 0.29) is 25.4 Å². The Balaban J connectivity index is 1.99. The first-order chi connectivity index (χ1) is 12.3. The van der Waals surface area contributed by atoms with Gasteiger partial charge in [0.25, 0.3) is 0 Å². The van der Waals surface area contributed by atoms with E-state index in [1.807, 2.05) is 43.3 Å². The summed E-state index contributed by atoms with van der Waals surface area (Å²) in [6, 6.07) is 14.6. The van der Waals surface area contributed by atoms with Crippen LogP contribution in [0.2, 0.25) is 0 Å². The van der Waals surface area contributed by atoms with Crippen LogP contribution in [0.5, 0.6) is 5.75 Å². The minimum absolute atomic E-state index is 0.0809. The van der Waals surface area contributed by atoms with Crippen molar-refractivity contribution in [2.75, 3.05) is 25.2 Å². The second kappa shape index (κ2) is 8.82. The van der Waals surface area contributed by atoms with Crippen LogP contribution in [0.4, 0.5) is 5.69 Å². The summed E-state index contributed by atoms with van der Waals surface area (Å²) in [5.41, 5.74) is 2.52. The normalized spacial score (nSPS) is 11.4. The molecule has 0 saturated heterocycles. The average Bonchev–Trinajstić information content (AvgIpc) is 2.60. The Morgan fingerprint density at radius 1 is 1.12 bits per heavy atom. The lowest BCUT2D eigenvalue weighted by Crippen LogP contribution is -2.32. The molecule has 2 rings (SSSR count). The topological polar surface area (TPSA) is 75.7 Å². The van der Waals surface area contributed by atoms with Crippen molar-refractivity contribution in [2.45, 2.75) is 19.9 Å². The zero-order valence-corrected chi connectivity index (χ0v) is 16.0. The third-order valence-corrected chi connectivity index (χ3v) is 5.24. The highest BCUT2D eigenvalue weighted by Crippen LogP contribution is 2.16. The van der Waals surface area contributed by atoms with E-state index in [4.69, 9.17) is 4.74 Å². The van der Waals surface area contributed by atoms with Gasteiger partial charge in [0.1, 0.15) is 5.75 Å². The maximum Gasteiger partial charge on any atom is 0.225 e. The van der Waals surface area contributed by atoms with Crippen LogP contribution in [0.25, 0.3) is 0 Å². The Bertz CT molecular complexity index is 848. The third-order valence-electron chi connectivity index (χ3n) is 3.99. The standard InChI is InChI=1S/C19H24N2O4S/c1-15-6-4-5-7-18(15)20-19(22)12-13-21(26(3,23)24)14-16-8-10-17(25-2)11-9-16/h4-11H,12-14H2,1-3H3,(H,20,22). The molecule has 1 N–H and O–H groups in total. The summed E-state index contributed by atoms with van der Waals surface area (Å²) in [5, 5.41) is 2.82. The number of ether oxygens (including phenoxy) is 1. The molecule has 0 aromatic heterocycles. The van der Waals surface area contributed by atoms with Gasteiger partial charge in [0.2, 0.25) is 15.9 Å². The molecular formula is C19H24N2O4S. The van der Waals surface area contributed by atoms with E-state index >= 15 is 0 Å². The number of hydrogen-bond acceptors (Lipinski definition) is 4. The Hall–Kier alpha value is -2.38. The quantitative estimate of drug-likeness (QED) is 0.769.